The molecule has 0 aliphatic carbocycles. The fourth-order valence-electron chi connectivity index (χ4n) is 5.86. The van der Waals surface area contributed by atoms with Crippen molar-refractivity contribution in [2.24, 2.45) is 0 Å². The van der Waals surface area contributed by atoms with Gasteiger partial charge in [0.05, 0.1) is 62.4 Å². The van der Waals surface area contributed by atoms with Crippen LogP contribution >= 0.6 is 69.6 Å². The maximum absolute atomic E-state index is 13.5. The minimum atomic E-state index is -4.91. The van der Waals surface area contributed by atoms with Crippen LogP contribution in [0.2, 0.25) is 30.1 Å². The Bertz CT molecular complexity index is 3150. The van der Waals surface area contributed by atoms with Gasteiger partial charge in [0, 0.05) is 30.6 Å². The van der Waals surface area contributed by atoms with E-state index in [1.54, 1.807) is 26.0 Å². The van der Waals surface area contributed by atoms with Gasteiger partial charge >= 0.3 is 12.4 Å². The van der Waals surface area contributed by atoms with E-state index in [9.17, 15) is 52.8 Å². The molecule has 354 valence electrons. The molecular formula is C42H28Cl6F6N4O7S2. The molecule has 6 rings (SSSR count). The number of carbonyl (C=O) groups is 2. The number of sulfonamides is 2. The number of nitrogens with zero attached hydrogens (tertiary/aromatic N) is 3. The Kier molecular flexibility index (Phi) is 16.6. The van der Waals surface area contributed by atoms with Crippen LogP contribution in [0, 0.1) is 13.8 Å². The standard InChI is InChI=1S/C22H16Cl3F3N2O4S.C20H12Cl3F3N2O3S/c1-12-3-5-17(24)15(7-12)21(31)20-19(8-13(23)10-29-20)30(11-34-2)35(32,33)14-4-6-18(25)16(9-14)22(26,27)28;1-10-2-4-15(22)13(6-10)19(29)18-17(7-11(21)9-27-18)28-32(30,31)12-3-5-16(23)14(8-12)20(24,25)26/h3-10H,11H2,1-2H3;2-9,28H,1H3. The maximum atomic E-state index is 13.5. The van der Waals surface area contributed by atoms with Crippen molar-refractivity contribution < 1.29 is 57.5 Å². The third-order valence-electron chi connectivity index (χ3n) is 9.00. The molecule has 0 amide bonds. The summed E-state index contributed by atoms with van der Waals surface area (Å²) < 4.78 is 140. The molecule has 0 fully saturated rings. The van der Waals surface area contributed by atoms with Crippen molar-refractivity contribution in [3.05, 3.63) is 172 Å². The summed E-state index contributed by atoms with van der Waals surface area (Å²) in [5, 5.41) is -1.18. The van der Waals surface area contributed by atoms with Crippen LogP contribution in [0.25, 0.3) is 0 Å². The van der Waals surface area contributed by atoms with Gasteiger partial charge in [0.1, 0.15) is 18.1 Å². The van der Waals surface area contributed by atoms with Gasteiger partial charge in [-0.1, -0.05) is 92.9 Å². The Morgan fingerprint density at radius 3 is 1.54 bits per heavy atom. The third-order valence-corrected chi connectivity index (χ3v) is 13.8. The molecule has 4 aromatic carbocycles. The van der Waals surface area contributed by atoms with Gasteiger partial charge in [-0.05, 0) is 86.6 Å². The molecule has 67 heavy (non-hydrogen) atoms. The molecule has 11 nitrogen and oxygen atoms in total. The number of anilines is 2. The van der Waals surface area contributed by atoms with Gasteiger partial charge in [-0.25, -0.2) is 31.1 Å². The number of rotatable bonds is 12. The van der Waals surface area contributed by atoms with E-state index < -0.39 is 81.7 Å². The Morgan fingerprint density at radius 2 is 1.04 bits per heavy atom. The first-order chi connectivity index (χ1) is 31.1. The van der Waals surface area contributed by atoms with Gasteiger partial charge in [-0.15, -0.1) is 0 Å². The van der Waals surface area contributed by atoms with Gasteiger partial charge in [-0.3, -0.25) is 14.3 Å². The normalized spacial score (nSPS) is 12.0. The number of halogens is 12. The lowest BCUT2D eigenvalue weighted by Gasteiger charge is -2.25. The van der Waals surface area contributed by atoms with Crippen molar-refractivity contribution >= 4 is 113 Å². The van der Waals surface area contributed by atoms with E-state index in [2.05, 4.69) is 14.7 Å². The van der Waals surface area contributed by atoms with Crippen LogP contribution in [0.4, 0.5) is 37.7 Å². The summed E-state index contributed by atoms with van der Waals surface area (Å²) in [6, 6.07) is 15.8. The summed E-state index contributed by atoms with van der Waals surface area (Å²) >= 11 is 35.4. The third kappa shape index (κ3) is 12.5. The smallest absolute Gasteiger partial charge is 0.363 e. The summed E-state index contributed by atoms with van der Waals surface area (Å²) in [5.74, 6) is -1.44. The van der Waals surface area contributed by atoms with Crippen LogP contribution in [0.3, 0.4) is 0 Å². The molecule has 2 aromatic heterocycles. The number of aromatic nitrogens is 2. The molecular weight excluding hydrogens is 1060 g/mol. The Morgan fingerprint density at radius 1 is 0.612 bits per heavy atom. The van der Waals surface area contributed by atoms with E-state index >= 15 is 0 Å². The van der Waals surface area contributed by atoms with Gasteiger partial charge in [0.15, 0.2) is 0 Å². The second kappa shape index (κ2) is 20.9. The number of ketones is 2. The number of hydrogen-bond acceptors (Lipinski definition) is 9. The van der Waals surface area contributed by atoms with Crippen LogP contribution in [0.5, 0.6) is 0 Å². The average molecular weight is 1090 g/mol. The molecule has 0 aliphatic heterocycles. The van der Waals surface area contributed by atoms with E-state index in [0.29, 0.717) is 22.0 Å². The predicted octanol–water partition coefficient (Wildman–Crippen LogP) is 12.8. The SMILES string of the molecule is COCN(c1cc(Cl)cnc1C(=O)c1cc(C)ccc1Cl)S(=O)(=O)c1ccc(Cl)c(C(F)(F)F)c1.Cc1ccc(Cl)c(C(=O)c2ncc(Cl)cc2NS(=O)(=O)c2ccc(Cl)c(C(F)(F)F)c2)c1. The van der Waals surface area contributed by atoms with E-state index in [1.165, 1.54) is 31.4 Å². The quantitative estimate of drug-likeness (QED) is 0.0717. The highest BCUT2D eigenvalue weighted by atomic mass is 35.5. The van der Waals surface area contributed by atoms with Crippen molar-refractivity contribution in [1.82, 2.24) is 9.97 Å². The first kappa shape index (κ1) is 53.3. The van der Waals surface area contributed by atoms with Gasteiger partial charge < -0.3 is 4.74 Å². The lowest BCUT2D eigenvalue weighted by Crippen LogP contribution is -2.34. The first-order valence-corrected chi connectivity index (χ1v) is 23.5. The molecule has 0 atom stereocenters. The van der Waals surface area contributed by atoms with Crippen molar-refractivity contribution in [3.63, 3.8) is 0 Å². The van der Waals surface area contributed by atoms with Crippen LogP contribution in [-0.4, -0.2) is 52.2 Å². The summed E-state index contributed by atoms with van der Waals surface area (Å²) in [7, 11) is -8.13. The molecule has 1 N–H and O–H groups in total. The van der Waals surface area contributed by atoms with E-state index in [0.717, 1.165) is 54.4 Å². The predicted molar refractivity (Wildman–Crippen MR) is 243 cm³/mol. The van der Waals surface area contributed by atoms with E-state index in [1.807, 2.05) is 0 Å². The van der Waals surface area contributed by atoms with Crippen molar-refractivity contribution in [3.8, 4) is 0 Å². The summed E-state index contributed by atoms with van der Waals surface area (Å²) in [5.41, 5.74) is -2.47. The minimum Gasteiger partial charge on any atom is -0.363 e. The first-order valence-electron chi connectivity index (χ1n) is 18.3. The zero-order chi connectivity index (χ0) is 50.0. The lowest BCUT2D eigenvalue weighted by molar-refractivity contribution is -0.138. The van der Waals surface area contributed by atoms with Gasteiger partial charge in [0.25, 0.3) is 20.0 Å². The number of alkyl halides is 6. The fourth-order valence-corrected chi connectivity index (χ4v) is 9.51. The monoisotopic (exact) mass is 1090 g/mol. The summed E-state index contributed by atoms with van der Waals surface area (Å²) in [4.78, 5) is 32.8. The van der Waals surface area contributed by atoms with Crippen molar-refractivity contribution in [2.45, 2.75) is 36.0 Å². The maximum Gasteiger partial charge on any atom is 0.417 e. The van der Waals surface area contributed by atoms with Crippen molar-refractivity contribution in [2.75, 3.05) is 22.9 Å². The second-order valence-electron chi connectivity index (χ2n) is 13.9. The summed E-state index contributed by atoms with van der Waals surface area (Å²) in [6.45, 7) is 2.78. The highest BCUT2D eigenvalue weighted by molar-refractivity contribution is 7.93. The van der Waals surface area contributed by atoms with Crippen molar-refractivity contribution in [1.29, 1.82) is 0 Å². The van der Waals surface area contributed by atoms with Crippen LogP contribution in [0.15, 0.2) is 107 Å². The molecule has 0 bridgehead atoms. The highest BCUT2D eigenvalue weighted by Gasteiger charge is 2.38. The molecule has 0 unspecified atom stereocenters. The molecule has 0 aliphatic rings. The molecule has 0 spiro atoms. The van der Waals surface area contributed by atoms with Crippen LogP contribution in [0.1, 0.15) is 54.4 Å². The van der Waals surface area contributed by atoms with Gasteiger partial charge in [0.2, 0.25) is 11.6 Å². The second-order valence-corrected chi connectivity index (χ2v) is 19.9. The zero-order valence-electron chi connectivity index (χ0n) is 34.0. The number of carbonyl (C=O) groups excluding carboxylic acids is 2. The molecule has 0 saturated carbocycles. The number of methoxy groups -OCH3 is 1. The topological polar surface area (TPSA) is 153 Å². The Balaban J connectivity index is 0.000000252. The molecule has 0 saturated heterocycles. The molecule has 0 radical (unpaired) electrons. The minimum absolute atomic E-state index is 0.0123. The van der Waals surface area contributed by atoms with E-state index in [-0.39, 0.29) is 54.0 Å². The largest absolute Gasteiger partial charge is 0.417 e. The van der Waals surface area contributed by atoms with Gasteiger partial charge in [-0.2, -0.15) is 26.3 Å². The number of aryl methyl sites for hydroxylation is 2. The lowest BCUT2D eigenvalue weighted by atomic mass is 10.0. The zero-order valence-corrected chi connectivity index (χ0v) is 40.2. The number of ether oxygens (including phenoxy) is 1. The van der Waals surface area contributed by atoms with E-state index in [4.69, 9.17) is 74.3 Å². The molecule has 6 aromatic rings. The Labute approximate surface area is 408 Å². The number of hydrogen-bond donors (Lipinski definition) is 1. The number of nitrogens with one attached hydrogen (secondary N) is 1. The number of pyridine rings is 2. The highest BCUT2D eigenvalue weighted by Crippen LogP contribution is 2.39. The molecule has 2 heterocycles. The van der Waals surface area contributed by atoms with Crippen LogP contribution in [-0.2, 0) is 37.1 Å². The average Bonchev–Trinajstić information content (AvgIpc) is 3.23. The fraction of sp³-hybridized carbons (Fsp3) is 0.143. The summed E-state index contributed by atoms with van der Waals surface area (Å²) in [6.07, 6.45) is -7.53. The molecule has 25 heteroatoms. The Hall–Kier alpha value is -4.70. The number of benzene rings is 4. The van der Waals surface area contributed by atoms with Crippen LogP contribution < -0.4 is 9.03 Å².